The highest BCUT2D eigenvalue weighted by molar-refractivity contribution is 9.10. The highest BCUT2D eigenvalue weighted by Gasteiger charge is 2.18. The molecule has 4 aromatic carbocycles. The fourth-order valence-electron chi connectivity index (χ4n) is 4.02. The van der Waals surface area contributed by atoms with Crippen molar-refractivity contribution in [2.24, 2.45) is 0 Å². The Kier molecular flexibility index (Phi) is 9.75. The Bertz CT molecular complexity index is 1680. The van der Waals surface area contributed by atoms with Gasteiger partial charge >= 0.3 is 0 Å². The molecule has 11 heteroatoms. The summed E-state index contributed by atoms with van der Waals surface area (Å²) in [4.78, 5) is 39.3. The summed E-state index contributed by atoms with van der Waals surface area (Å²) in [6.45, 7) is 0.954. The molecule has 0 bridgehead atoms. The third-order valence-electron chi connectivity index (χ3n) is 6.10. The van der Waals surface area contributed by atoms with Crippen LogP contribution >= 0.6 is 27.7 Å². The number of anilines is 2. The third-order valence-corrected chi connectivity index (χ3v) is 7.64. The fraction of sp³-hybridized carbons (Fsp3) is 0.0938. The molecule has 0 fully saturated rings. The van der Waals surface area contributed by atoms with E-state index in [4.69, 9.17) is 9.47 Å². The summed E-state index contributed by atoms with van der Waals surface area (Å²) in [6.07, 6.45) is 1.51. The van der Waals surface area contributed by atoms with Crippen LogP contribution in [0.25, 0.3) is 6.08 Å². The topological polar surface area (TPSA) is 106 Å². The van der Waals surface area contributed by atoms with Crippen LogP contribution in [0.2, 0.25) is 0 Å². The molecule has 4 aromatic rings. The Morgan fingerprint density at radius 1 is 0.837 bits per heavy atom. The zero-order valence-corrected chi connectivity index (χ0v) is 25.0. The van der Waals surface area contributed by atoms with Gasteiger partial charge in [-0.25, -0.2) is 4.39 Å². The van der Waals surface area contributed by atoms with Gasteiger partial charge in [-0.2, -0.15) is 0 Å². The van der Waals surface area contributed by atoms with Crippen LogP contribution in [0.1, 0.15) is 15.9 Å². The number of rotatable bonds is 9. The van der Waals surface area contributed by atoms with Crippen LogP contribution in [0.5, 0.6) is 11.5 Å². The molecule has 3 N–H and O–H groups in total. The molecule has 1 heterocycles. The van der Waals surface area contributed by atoms with E-state index in [1.165, 1.54) is 42.1 Å². The maximum absolute atomic E-state index is 14.2. The SMILES string of the molecule is O=C(CSc1ccc(NC(=O)/C(=C\c2ccc(Br)cc2)NC(=O)c2ccccc2F)cc1)Nc1ccc2c(c1)OCCO2. The molecule has 0 aliphatic carbocycles. The molecule has 0 aromatic heterocycles. The molecule has 8 nitrogen and oxygen atoms in total. The van der Waals surface area contributed by atoms with Crippen LogP contribution in [-0.2, 0) is 9.59 Å². The van der Waals surface area contributed by atoms with Crippen molar-refractivity contribution in [1.29, 1.82) is 0 Å². The zero-order chi connectivity index (χ0) is 30.2. The number of fused-ring (bicyclic) bond motifs is 1. The standard InChI is InChI=1S/C32H25BrFN3O5S/c33-21-7-5-20(6-8-21)17-27(37-31(39)25-3-1-2-4-26(25)34)32(40)36-22-9-12-24(13-10-22)43-19-30(38)35-23-11-14-28-29(18-23)42-16-15-41-28/h1-14,17-18H,15-16,19H2,(H,35,38)(H,36,40)(H,37,39)/b27-17+. The lowest BCUT2D eigenvalue weighted by Crippen LogP contribution is -2.31. The van der Waals surface area contributed by atoms with Gasteiger partial charge in [0.1, 0.15) is 24.7 Å². The highest BCUT2D eigenvalue weighted by Crippen LogP contribution is 2.32. The number of hydrogen-bond acceptors (Lipinski definition) is 6. The molecule has 5 rings (SSSR count). The molecule has 0 saturated heterocycles. The maximum Gasteiger partial charge on any atom is 0.272 e. The number of halogens is 2. The van der Waals surface area contributed by atoms with Gasteiger partial charge in [0.15, 0.2) is 11.5 Å². The monoisotopic (exact) mass is 661 g/mol. The predicted octanol–water partition coefficient (Wildman–Crippen LogP) is 6.50. The average molecular weight is 663 g/mol. The van der Waals surface area contributed by atoms with Crippen molar-refractivity contribution < 1.29 is 28.2 Å². The number of carbonyl (C=O) groups is 3. The Morgan fingerprint density at radius 3 is 2.28 bits per heavy atom. The van der Waals surface area contributed by atoms with Crippen molar-refractivity contribution in [2.75, 3.05) is 29.6 Å². The minimum absolute atomic E-state index is 0.0650. The zero-order valence-electron chi connectivity index (χ0n) is 22.6. The molecule has 0 saturated carbocycles. The second-order valence-electron chi connectivity index (χ2n) is 9.22. The summed E-state index contributed by atoms with van der Waals surface area (Å²) >= 11 is 4.70. The van der Waals surface area contributed by atoms with Gasteiger partial charge < -0.3 is 25.4 Å². The number of carbonyl (C=O) groups excluding carboxylic acids is 3. The van der Waals surface area contributed by atoms with Crippen LogP contribution in [0.15, 0.2) is 106 Å². The number of hydrogen-bond donors (Lipinski definition) is 3. The lowest BCUT2D eigenvalue weighted by atomic mass is 10.1. The predicted molar refractivity (Wildman–Crippen MR) is 168 cm³/mol. The molecule has 218 valence electrons. The molecular formula is C32H25BrFN3O5S. The third kappa shape index (κ3) is 8.24. The fourth-order valence-corrected chi connectivity index (χ4v) is 4.98. The van der Waals surface area contributed by atoms with Crippen molar-refractivity contribution in [1.82, 2.24) is 5.32 Å². The van der Waals surface area contributed by atoms with Crippen molar-refractivity contribution in [3.63, 3.8) is 0 Å². The van der Waals surface area contributed by atoms with Crippen molar-refractivity contribution in [3.05, 3.63) is 118 Å². The van der Waals surface area contributed by atoms with Gasteiger partial charge in [-0.1, -0.05) is 40.2 Å². The number of amides is 3. The molecule has 43 heavy (non-hydrogen) atoms. The van der Waals surface area contributed by atoms with Crippen LogP contribution in [0.3, 0.4) is 0 Å². The first kappa shape index (κ1) is 29.9. The Morgan fingerprint density at radius 2 is 1.53 bits per heavy atom. The summed E-state index contributed by atoms with van der Waals surface area (Å²) in [5.41, 5.74) is 1.49. The summed E-state index contributed by atoms with van der Waals surface area (Å²) in [7, 11) is 0. The normalized spacial score (nSPS) is 12.3. The molecule has 0 unspecified atom stereocenters. The molecule has 1 aliphatic heterocycles. The van der Waals surface area contributed by atoms with Gasteiger partial charge in [-0.05, 0) is 72.3 Å². The van der Waals surface area contributed by atoms with E-state index in [1.54, 1.807) is 66.7 Å². The largest absolute Gasteiger partial charge is 0.486 e. The van der Waals surface area contributed by atoms with E-state index in [1.807, 2.05) is 0 Å². The van der Waals surface area contributed by atoms with Gasteiger partial charge in [-0.15, -0.1) is 11.8 Å². The molecule has 0 radical (unpaired) electrons. The summed E-state index contributed by atoms with van der Waals surface area (Å²) in [5, 5.41) is 8.14. The first-order valence-electron chi connectivity index (χ1n) is 13.1. The molecular weight excluding hydrogens is 637 g/mol. The maximum atomic E-state index is 14.2. The van der Waals surface area contributed by atoms with E-state index >= 15 is 0 Å². The number of benzene rings is 4. The second-order valence-corrected chi connectivity index (χ2v) is 11.2. The minimum atomic E-state index is -0.752. The lowest BCUT2D eigenvalue weighted by Gasteiger charge is -2.19. The minimum Gasteiger partial charge on any atom is -0.486 e. The van der Waals surface area contributed by atoms with Crippen LogP contribution in [0, 0.1) is 5.82 Å². The van der Waals surface area contributed by atoms with Gasteiger partial charge in [0.25, 0.3) is 11.8 Å². The molecule has 0 spiro atoms. The first-order valence-corrected chi connectivity index (χ1v) is 14.9. The Labute approximate surface area is 259 Å². The first-order chi connectivity index (χ1) is 20.8. The van der Waals surface area contributed by atoms with E-state index in [0.717, 1.165) is 9.37 Å². The van der Waals surface area contributed by atoms with Crippen LogP contribution in [0.4, 0.5) is 15.8 Å². The second kappa shape index (κ2) is 14.0. The van der Waals surface area contributed by atoms with Gasteiger partial charge in [0.2, 0.25) is 5.91 Å². The molecule has 0 atom stereocenters. The average Bonchev–Trinajstić information content (AvgIpc) is 3.01. The Balaban J connectivity index is 1.21. The van der Waals surface area contributed by atoms with E-state index in [0.29, 0.717) is 41.7 Å². The van der Waals surface area contributed by atoms with Gasteiger partial charge in [0, 0.05) is 26.8 Å². The summed E-state index contributed by atoms with van der Waals surface area (Å²) in [6, 6.07) is 24.8. The number of thioether (sulfide) groups is 1. The van der Waals surface area contributed by atoms with Crippen molar-refractivity contribution in [3.8, 4) is 11.5 Å². The van der Waals surface area contributed by atoms with Gasteiger partial charge in [0.05, 0.1) is 11.3 Å². The molecule has 1 aliphatic rings. The smallest absolute Gasteiger partial charge is 0.272 e. The Hall–Kier alpha value is -4.61. The van der Waals surface area contributed by atoms with E-state index in [-0.39, 0.29) is 22.9 Å². The van der Waals surface area contributed by atoms with E-state index in [9.17, 15) is 18.8 Å². The summed E-state index contributed by atoms with van der Waals surface area (Å²) < 4.78 is 26.1. The van der Waals surface area contributed by atoms with Gasteiger partial charge in [-0.3, -0.25) is 14.4 Å². The number of nitrogens with one attached hydrogen (secondary N) is 3. The lowest BCUT2D eigenvalue weighted by molar-refractivity contribution is -0.114. The van der Waals surface area contributed by atoms with E-state index < -0.39 is 17.6 Å². The van der Waals surface area contributed by atoms with Crippen LogP contribution in [-0.4, -0.2) is 36.7 Å². The van der Waals surface area contributed by atoms with E-state index in [2.05, 4.69) is 31.9 Å². The number of ether oxygens (including phenoxy) is 2. The van der Waals surface area contributed by atoms with Crippen molar-refractivity contribution >= 4 is 62.9 Å². The molecule has 3 amide bonds. The summed E-state index contributed by atoms with van der Waals surface area (Å²) in [5.74, 6) is -0.818. The van der Waals surface area contributed by atoms with Crippen molar-refractivity contribution in [2.45, 2.75) is 4.90 Å². The quantitative estimate of drug-likeness (QED) is 0.140. The highest BCUT2D eigenvalue weighted by atomic mass is 79.9. The van der Waals surface area contributed by atoms with Crippen LogP contribution < -0.4 is 25.4 Å².